The zero-order valence-corrected chi connectivity index (χ0v) is 11.9. The van der Waals surface area contributed by atoms with Crippen molar-refractivity contribution in [1.82, 2.24) is 5.16 Å². The number of benzene rings is 1. The number of nitrogens with zero attached hydrogens (tertiary/aromatic N) is 1. The SMILES string of the molecule is Cc1cc(NC(=O)COC(=O)c2ccc(OC(F)F)cc2)on1. The number of aryl methyl sites for hydroxylation is 1. The fourth-order valence-electron chi connectivity index (χ4n) is 1.58. The number of esters is 1. The van der Waals surface area contributed by atoms with Crippen LogP contribution in [0.1, 0.15) is 16.1 Å². The second kappa shape index (κ2) is 7.34. The van der Waals surface area contributed by atoms with Gasteiger partial charge in [-0.1, -0.05) is 5.16 Å². The highest BCUT2D eigenvalue weighted by atomic mass is 19.3. The van der Waals surface area contributed by atoms with Crippen LogP contribution >= 0.6 is 0 Å². The summed E-state index contributed by atoms with van der Waals surface area (Å²) in [5.41, 5.74) is 0.679. The number of halogens is 2. The summed E-state index contributed by atoms with van der Waals surface area (Å²) in [4.78, 5) is 23.3. The Kier molecular flexibility index (Phi) is 5.23. The van der Waals surface area contributed by atoms with E-state index in [-0.39, 0.29) is 17.2 Å². The first-order valence-corrected chi connectivity index (χ1v) is 6.39. The lowest BCUT2D eigenvalue weighted by atomic mass is 10.2. The predicted octanol–water partition coefficient (Wildman–Crippen LogP) is 2.38. The van der Waals surface area contributed by atoms with Crippen molar-refractivity contribution in [3.8, 4) is 5.75 Å². The van der Waals surface area contributed by atoms with Gasteiger partial charge in [0.15, 0.2) is 6.61 Å². The molecule has 2 rings (SSSR count). The van der Waals surface area contributed by atoms with Crippen molar-refractivity contribution < 1.29 is 32.4 Å². The van der Waals surface area contributed by atoms with Crippen molar-refractivity contribution in [3.05, 3.63) is 41.6 Å². The van der Waals surface area contributed by atoms with Gasteiger partial charge in [-0.15, -0.1) is 0 Å². The smallest absolute Gasteiger partial charge is 0.387 e. The topological polar surface area (TPSA) is 90.7 Å². The Labute approximate surface area is 129 Å². The van der Waals surface area contributed by atoms with E-state index in [1.54, 1.807) is 6.92 Å². The molecular formula is C14H12F2N2O5. The van der Waals surface area contributed by atoms with Gasteiger partial charge in [0.2, 0.25) is 5.88 Å². The Hall–Kier alpha value is -2.97. The number of amides is 1. The molecule has 0 aliphatic heterocycles. The van der Waals surface area contributed by atoms with E-state index in [1.165, 1.54) is 30.3 Å². The fraction of sp³-hybridized carbons (Fsp3) is 0.214. The zero-order chi connectivity index (χ0) is 16.8. The Morgan fingerprint density at radius 1 is 1.30 bits per heavy atom. The summed E-state index contributed by atoms with van der Waals surface area (Å²) in [7, 11) is 0. The number of rotatable bonds is 6. The third-order valence-electron chi connectivity index (χ3n) is 2.54. The molecule has 0 unspecified atom stereocenters. The molecule has 0 spiro atoms. The molecule has 0 fully saturated rings. The second-order valence-corrected chi connectivity index (χ2v) is 4.36. The predicted molar refractivity (Wildman–Crippen MR) is 73.2 cm³/mol. The maximum absolute atomic E-state index is 12.0. The first-order valence-electron chi connectivity index (χ1n) is 6.39. The maximum Gasteiger partial charge on any atom is 0.387 e. The molecule has 0 radical (unpaired) electrons. The highest BCUT2D eigenvalue weighted by Gasteiger charge is 2.12. The highest BCUT2D eigenvalue weighted by molar-refractivity contribution is 5.94. The van der Waals surface area contributed by atoms with Crippen molar-refractivity contribution in [3.63, 3.8) is 0 Å². The number of nitrogens with one attached hydrogen (secondary N) is 1. The zero-order valence-electron chi connectivity index (χ0n) is 11.9. The average molecular weight is 326 g/mol. The molecule has 1 amide bonds. The number of carbonyl (C=O) groups excluding carboxylic acids is 2. The number of anilines is 1. The summed E-state index contributed by atoms with van der Waals surface area (Å²) in [6.07, 6.45) is 0. The van der Waals surface area contributed by atoms with E-state index in [0.717, 1.165) is 0 Å². The van der Waals surface area contributed by atoms with E-state index in [1.807, 2.05) is 0 Å². The van der Waals surface area contributed by atoms with Crippen LogP contribution in [0, 0.1) is 6.92 Å². The molecule has 0 saturated heterocycles. The molecular weight excluding hydrogens is 314 g/mol. The molecule has 23 heavy (non-hydrogen) atoms. The highest BCUT2D eigenvalue weighted by Crippen LogP contribution is 2.15. The lowest BCUT2D eigenvalue weighted by molar-refractivity contribution is -0.119. The molecule has 9 heteroatoms. The number of hydrogen-bond acceptors (Lipinski definition) is 6. The second-order valence-electron chi connectivity index (χ2n) is 4.36. The summed E-state index contributed by atoms with van der Waals surface area (Å²) < 4.78 is 37.7. The molecule has 1 heterocycles. The Bertz CT molecular complexity index is 685. The lowest BCUT2D eigenvalue weighted by Crippen LogP contribution is -2.20. The molecule has 7 nitrogen and oxygen atoms in total. The van der Waals surface area contributed by atoms with Gasteiger partial charge < -0.3 is 14.0 Å². The van der Waals surface area contributed by atoms with Crippen LogP contribution in [0.3, 0.4) is 0 Å². The van der Waals surface area contributed by atoms with Gasteiger partial charge in [0.25, 0.3) is 5.91 Å². The van der Waals surface area contributed by atoms with Gasteiger partial charge in [-0.2, -0.15) is 8.78 Å². The molecule has 2 aromatic rings. The third kappa shape index (κ3) is 5.06. The molecule has 0 aliphatic rings. The van der Waals surface area contributed by atoms with Gasteiger partial charge in [-0.3, -0.25) is 10.1 Å². The molecule has 0 atom stereocenters. The number of ether oxygens (including phenoxy) is 2. The largest absolute Gasteiger partial charge is 0.452 e. The molecule has 1 N–H and O–H groups in total. The Morgan fingerprint density at radius 3 is 2.57 bits per heavy atom. The summed E-state index contributed by atoms with van der Waals surface area (Å²) in [6.45, 7) is -1.80. The van der Waals surface area contributed by atoms with Crippen LogP contribution in [0.2, 0.25) is 0 Å². The number of alkyl halides is 2. The van der Waals surface area contributed by atoms with E-state index >= 15 is 0 Å². The fourth-order valence-corrected chi connectivity index (χ4v) is 1.58. The number of aromatic nitrogens is 1. The minimum atomic E-state index is -2.95. The first-order chi connectivity index (χ1) is 10.9. The molecule has 0 bridgehead atoms. The van der Waals surface area contributed by atoms with E-state index < -0.39 is 25.1 Å². The van der Waals surface area contributed by atoms with E-state index in [2.05, 4.69) is 15.2 Å². The molecule has 1 aromatic heterocycles. The van der Waals surface area contributed by atoms with Crippen LogP contribution < -0.4 is 10.1 Å². The van der Waals surface area contributed by atoms with Crippen LogP contribution in [-0.4, -0.2) is 30.3 Å². The monoisotopic (exact) mass is 326 g/mol. The number of carbonyl (C=O) groups is 2. The molecule has 1 aromatic carbocycles. The summed E-state index contributed by atoms with van der Waals surface area (Å²) >= 11 is 0. The van der Waals surface area contributed by atoms with Crippen LogP contribution in [-0.2, 0) is 9.53 Å². The normalized spacial score (nSPS) is 10.4. The summed E-state index contributed by atoms with van der Waals surface area (Å²) in [5.74, 6) is -1.34. The maximum atomic E-state index is 12.0. The Balaban J connectivity index is 1.83. The van der Waals surface area contributed by atoms with Gasteiger partial charge >= 0.3 is 12.6 Å². The standard InChI is InChI=1S/C14H12F2N2O5/c1-8-6-12(23-18-8)17-11(19)7-21-13(20)9-2-4-10(5-3-9)22-14(15)16/h2-6,14H,7H2,1H3,(H,17,19). The van der Waals surface area contributed by atoms with Crippen LogP contribution in [0.5, 0.6) is 5.75 Å². The van der Waals surface area contributed by atoms with Crippen molar-refractivity contribution >= 4 is 17.8 Å². The number of hydrogen-bond donors (Lipinski definition) is 1. The van der Waals surface area contributed by atoms with Crippen molar-refractivity contribution in [1.29, 1.82) is 0 Å². The van der Waals surface area contributed by atoms with Gasteiger partial charge in [-0.25, -0.2) is 4.79 Å². The quantitative estimate of drug-likeness (QED) is 0.820. The summed E-state index contributed by atoms with van der Waals surface area (Å²) in [5, 5.41) is 5.93. The van der Waals surface area contributed by atoms with Crippen molar-refractivity contribution in [2.75, 3.05) is 11.9 Å². The summed E-state index contributed by atoms with van der Waals surface area (Å²) in [6, 6.07) is 6.39. The van der Waals surface area contributed by atoms with Crippen LogP contribution in [0.4, 0.5) is 14.7 Å². The molecule has 122 valence electrons. The minimum absolute atomic E-state index is 0.0880. The van der Waals surface area contributed by atoms with Crippen molar-refractivity contribution in [2.45, 2.75) is 13.5 Å². The van der Waals surface area contributed by atoms with E-state index in [4.69, 9.17) is 9.26 Å². The molecule has 0 aliphatic carbocycles. The average Bonchev–Trinajstić information content (AvgIpc) is 2.90. The van der Waals surface area contributed by atoms with E-state index in [0.29, 0.717) is 5.69 Å². The van der Waals surface area contributed by atoms with Gasteiger partial charge in [-0.05, 0) is 31.2 Å². The van der Waals surface area contributed by atoms with Gasteiger partial charge in [0.1, 0.15) is 5.75 Å². The van der Waals surface area contributed by atoms with Crippen molar-refractivity contribution in [2.24, 2.45) is 0 Å². The third-order valence-corrected chi connectivity index (χ3v) is 2.54. The minimum Gasteiger partial charge on any atom is -0.452 e. The van der Waals surface area contributed by atoms with E-state index in [9.17, 15) is 18.4 Å². The lowest BCUT2D eigenvalue weighted by Gasteiger charge is -2.06. The first kappa shape index (κ1) is 16.4. The Morgan fingerprint density at radius 2 is 2.00 bits per heavy atom. The molecule has 0 saturated carbocycles. The van der Waals surface area contributed by atoms with Crippen LogP contribution in [0.15, 0.2) is 34.9 Å². The van der Waals surface area contributed by atoms with Gasteiger partial charge in [0.05, 0.1) is 11.3 Å². The van der Waals surface area contributed by atoms with Crippen LogP contribution in [0.25, 0.3) is 0 Å². The van der Waals surface area contributed by atoms with Gasteiger partial charge in [0, 0.05) is 6.07 Å².